The van der Waals surface area contributed by atoms with E-state index in [-0.39, 0.29) is 6.61 Å². The molecule has 200 valence electrons. The van der Waals surface area contributed by atoms with E-state index in [2.05, 4.69) is 39.0 Å². The van der Waals surface area contributed by atoms with E-state index in [0.29, 0.717) is 6.54 Å². The van der Waals surface area contributed by atoms with Crippen molar-refractivity contribution in [3.8, 4) is 5.75 Å². The van der Waals surface area contributed by atoms with Gasteiger partial charge < -0.3 is 9.84 Å². The monoisotopic (exact) mass is 511 g/mol. The smallest absolute Gasteiger partial charge is 0.126 e. The third kappa shape index (κ3) is 7.76. The van der Waals surface area contributed by atoms with E-state index in [1.165, 1.54) is 43.2 Å². The lowest BCUT2D eigenvalue weighted by Gasteiger charge is -2.35. The summed E-state index contributed by atoms with van der Waals surface area (Å²) in [5, 5.41) is 10.7. The molecule has 0 spiro atoms. The summed E-state index contributed by atoms with van der Waals surface area (Å²) in [6, 6.07) is 21.3. The topological polar surface area (TPSA) is 48.8 Å². The van der Waals surface area contributed by atoms with Gasteiger partial charge in [0.2, 0.25) is 0 Å². The Balaban J connectivity index is 1.04. The summed E-state index contributed by atoms with van der Waals surface area (Å²) in [4.78, 5) is 8.94. The lowest BCUT2D eigenvalue weighted by atomic mass is 9.84. The Morgan fingerprint density at radius 2 is 1.55 bits per heavy atom. The maximum absolute atomic E-state index is 10.7. The maximum Gasteiger partial charge on any atom is 0.126 e. The Kier molecular flexibility index (Phi) is 9.59. The number of aliphatic hydroxyl groups is 1. The first-order valence-electron chi connectivity index (χ1n) is 14.2. The molecule has 2 heterocycles. The Labute approximate surface area is 227 Å². The van der Waals surface area contributed by atoms with Crippen LogP contribution in [0.3, 0.4) is 0 Å². The van der Waals surface area contributed by atoms with Crippen LogP contribution < -0.4 is 4.74 Å². The summed E-state index contributed by atoms with van der Waals surface area (Å²) >= 11 is 0. The van der Waals surface area contributed by atoms with E-state index in [9.17, 15) is 5.11 Å². The van der Waals surface area contributed by atoms with Crippen molar-refractivity contribution in [2.75, 3.05) is 39.3 Å². The molecule has 1 N–H and O–H groups in total. The van der Waals surface area contributed by atoms with Gasteiger partial charge in [-0.2, -0.15) is 0 Å². The number of aromatic nitrogens is 1. The third-order valence-corrected chi connectivity index (χ3v) is 7.91. The highest BCUT2D eigenvalue weighted by Gasteiger charge is 2.20. The van der Waals surface area contributed by atoms with Gasteiger partial charge in [0.25, 0.3) is 0 Å². The molecule has 0 amide bonds. The molecule has 1 aliphatic heterocycles. The first-order chi connectivity index (χ1) is 18.7. The zero-order valence-electron chi connectivity index (χ0n) is 22.4. The van der Waals surface area contributed by atoms with Crippen LogP contribution >= 0.6 is 0 Å². The number of aliphatic hydroxyl groups excluding tert-OH is 1. The van der Waals surface area contributed by atoms with Gasteiger partial charge in [-0.3, -0.25) is 14.8 Å². The SMILES string of the molecule is OC(COc1ccccc1/C=C/c1ccncc1)CN1CCN(Cc2ccc(C3CCCCC3)cc2)CC1. The fourth-order valence-corrected chi connectivity index (χ4v) is 5.67. The standard InChI is InChI=1S/C33H41N3O2/c37-32(26-38-33-9-5-4-8-31(33)15-10-27-16-18-34-19-17-27)25-36-22-20-35(21-23-36)24-28-11-13-30(14-12-28)29-6-2-1-3-7-29/h4-5,8-19,29,32,37H,1-3,6-7,20-26H2/b15-10+. The summed E-state index contributed by atoms with van der Waals surface area (Å²) < 4.78 is 6.03. The van der Waals surface area contributed by atoms with E-state index in [1.807, 2.05) is 48.6 Å². The van der Waals surface area contributed by atoms with Crippen molar-refractivity contribution >= 4 is 12.2 Å². The summed E-state index contributed by atoms with van der Waals surface area (Å²) in [5.74, 6) is 1.56. The number of rotatable bonds is 10. The van der Waals surface area contributed by atoms with Gasteiger partial charge in [0, 0.05) is 57.2 Å². The van der Waals surface area contributed by atoms with E-state index in [1.54, 1.807) is 12.4 Å². The predicted molar refractivity (Wildman–Crippen MR) is 155 cm³/mol. The summed E-state index contributed by atoms with van der Waals surface area (Å²) in [5.41, 5.74) is 5.02. The van der Waals surface area contributed by atoms with Crippen molar-refractivity contribution in [3.63, 3.8) is 0 Å². The quantitative estimate of drug-likeness (QED) is 0.370. The molecule has 0 radical (unpaired) electrons. The Hall–Kier alpha value is -2.99. The van der Waals surface area contributed by atoms with Gasteiger partial charge >= 0.3 is 0 Å². The average molecular weight is 512 g/mol. The molecule has 1 unspecified atom stereocenters. The molecule has 2 fully saturated rings. The van der Waals surface area contributed by atoms with Crippen LogP contribution in [-0.2, 0) is 6.54 Å². The minimum absolute atomic E-state index is 0.285. The van der Waals surface area contributed by atoms with Crippen LogP contribution in [-0.4, -0.2) is 65.3 Å². The van der Waals surface area contributed by atoms with Gasteiger partial charge in [-0.25, -0.2) is 0 Å². The summed E-state index contributed by atoms with van der Waals surface area (Å²) in [7, 11) is 0. The van der Waals surface area contributed by atoms with Gasteiger partial charge in [-0.1, -0.05) is 73.9 Å². The van der Waals surface area contributed by atoms with Crippen molar-refractivity contribution in [1.29, 1.82) is 0 Å². The van der Waals surface area contributed by atoms with Crippen molar-refractivity contribution in [2.24, 2.45) is 0 Å². The summed E-state index contributed by atoms with van der Waals surface area (Å²) in [6.07, 6.45) is 14.0. The first-order valence-corrected chi connectivity index (χ1v) is 14.2. The average Bonchev–Trinajstić information content (AvgIpc) is 2.98. The van der Waals surface area contributed by atoms with Crippen molar-refractivity contribution in [2.45, 2.75) is 50.7 Å². The molecule has 1 saturated carbocycles. The highest BCUT2D eigenvalue weighted by molar-refractivity contribution is 5.72. The maximum atomic E-state index is 10.7. The highest BCUT2D eigenvalue weighted by Crippen LogP contribution is 2.32. The second kappa shape index (κ2) is 13.7. The lowest BCUT2D eigenvalue weighted by molar-refractivity contribution is 0.0446. The number of nitrogens with zero attached hydrogens (tertiary/aromatic N) is 3. The molecule has 3 aromatic rings. The minimum atomic E-state index is -0.522. The van der Waals surface area contributed by atoms with Gasteiger partial charge in [-0.05, 0) is 53.6 Å². The number of benzene rings is 2. The molecule has 38 heavy (non-hydrogen) atoms. The number of para-hydroxylation sites is 1. The van der Waals surface area contributed by atoms with Crippen LogP contribution in [0.5, 0.6) is 5.75 Å². The molecule has 1 atom stereocenters. The Bertz CT molecular complexity index is 1130. The molecule has 1 saturated heterocycles. The van der Waals surface area contributed by atoms with Crippen LogP contribution in [0.4, 0.5) is 0 Å². The van der Waals surface area contributed by atoms with Crippen molar-refractivity contribution in [1.82, 2.24) is 14.8 Å². The van der Waals surface area contributed by atoms with Crippen molar-refractivity contribution in [3.05, 3.63) is 95.3 Å². The van der Waals surface area contributed by atoms with Gasteiger partial charge in [0.1, 0.15) is 18.5 Å². The molecular weight excluding hydrogens is 470 g/mol. The van der Waals surface area contributed by atoms with Gasteiger partial charge in [0.05, 0.1) is 0 Å². The number of hydrogen-bond donors (Lipinski definition) is 1. The molecule has 5 heteroatoms. The predicted octanol–water partition coefficient (Wildman–Crippen LogP) is 5.86. The van der Waals surface area contributed by atoms with Crippen LogP contribution in [0.15, 0.2) is 73.1 Å². The van der Waals surface area contributed by atoms with Crippen LogP contribution in [0.25, 0.3) is 12.2 Å². The van der Waals surface area contributed by atoms with Crippen LogP contribution in [0.1, 0.15) is 60.3 Å². The van der Waals surface area contributed by atoms with E-state index >= 15 is 0 Å². The molecule has 1 aliphatic carbocycles. The number of piperazine rings is 1. The van der Waals surface area contributed by atoms with E-state index in [4.69, 9.17) is 4.74 Å². The van der Waals surface area contributed by atoms with Crippen LogP contribution in [0, 0.1) is 0 Å². The summed E-state index contributed by atoms with van der Waals surface area (Å²) in [6.45, 7) is 5.94. The number of ether oxygens (including phenoxy) is 1. The number of hydrogen-bond acceptors (Lipinski definition) is 5. The molecule has 0 bridgehead atoms. The van der Waals surface area contributed by atoms with Gasteiger partial charge in [0.15, 0.2) is 0 Å². The Morgan fingerprint density at radius 1 is 0.842 bits per heavy atom. The fraction of sp³-hybridized carbons (Fsp3) is 0.424. The van der Waals surface area contributed by atoms with Crippen molar-refractivity contribution < 1.29 is 9.84 Å². The molecular formula is C33H41N3O2. The zero-order valence-corrected chi connectivity index (χ0v) is 22.4. The van der Waals surface area contributed by atoms with E-state index in [0.717, 1.165) is 55.5 Å². The molecule has 1 aromatic heterocycles. The highest BCUT2D eigenvalue weighted by atomic mass is 16.5. The first kappa shape index (κ1) is 26.6. The van der Waals surface area contributed by atoms with Gasteiger partial charge in [-0.15, -0.1) is 0 Å². The molecule has 5 rings (SSSR count). The van der Waals surface area contributed by atoms with Crippen LogP contribution in [0.2, 0.25) is 0 Å². The minimum Gasteiger partial charge on any atom is -0.490 e. The second-order valence-corrected chi connectivity index (χ2v) is 10.8. The molecule has 2 aliphatic rings. The zero-order chi connectivity index (χ0) is 26.0. The molecule has 5 nitrogen and oxygen atoms in total. The Morgan fingerprint density at radius 3 is 2.32 bits per heavy atom. The fourth-order valence-electron chi connectivity index (χ4n) is 5.67. The number of pyridine rings is 1. The normalized spacial score (nSPS) is 18.6. The molecule has 2 aromatic carbocycles. The third-order valence-electron chi connectivity index (χ3n) is 7.91. The second-order valence-electron chi connectivity index (χ2n) is 10.8. The lowest BCUT2D eigenvalue weighted by Crippen LogP contribution is -2.48. The number of β-amino-alcohol motifs (C(OH)–C–C–N with tert-alkyl or cyclic N) is 1. The largest absolute Gasteiger partial charge is 0.490 e. The van der Waals surface area contributed by atoms with E-state index < -0.39 is 6.10 Å².